The van der Waals surface area contributed by atoms with Crippen molar-refractivity contribution in [2.24, 2.45) is 0 Å². The van der Waals surface area contributed by atoms with Gasteiger partial charge in [0.25, 0.3) is 0 Å². The quantitative estimate of drug-likeness (QED) is 0.461. The molecule has 1 aromatic carbocycles. The summed E-state index contributed by atoms with van der Waals surface area (Å²) in [4.78, 5) is 22.1. The molecule has 0 saturated heterocycles. The highest BCUT2D eigenvalue weighted by atomic mass is 16.5. The van der Waals surface area contributed by atoms with Crippen LogP contribution in [0.5, 0.6) is 0 Å². The fourth-order valence-electron chi connectivity index (χ4n) is 1.26. The molecule has 0 spiro atoms. The zero-order valence-electron chi connectivity index (χ0n) is 10.4. The second kappa shape index (κ2) is 7.13. The first kappa shape index (κ1) is 13.8. The Bertz CT molecular complexity index is 477. The van der Waals surface area contributed by atoms with E-state index in [2.05, 4.69) is 21.3 Å². The number of rotatable bonds is 3. The first-order chi connectivity index (χ1) is 8.67. The summed E-state index contributed by atoms with van der Waals surface area (Å²) in [6, 6.07) is 6.86. The summed E-state index contributed by atoms with van der Waals surface area (Å²) in [6.45, 7) is 2.05. The van der Waals surface area contributed by atoms with Gasteiger partial charge in [-0.1, -0.05) is 18.1 Å². The summed E-state index contributed by atoms with van der Waals surface area (Å²) >= 11 is 0. The molecule has 4 nitrogen and oxygen atoms in total. The van der Waals surface area contributed by atoms with Gasteiger partial charge < -0.3 is 9.47 Å². The molecule has 4 heteroatoms. The fraction of sp³-hybridized carbons (Fsp3) is 0.286. The van der Waals surface area contributed by atoms with Gasteiger partial charge >= 0.3 is 11.9 Å². The second-order valence-corrected chi connectivity index (χ2v) is 3.39. The van der Waals surface area contributed by atoms with Crippen LogP contribution in [0.2, 0.25) is 0 Å². The molecule has 0 heterocycles. The zero-order chi connectivity index (χ0) is 13.4. The van der Waals surface area contributed by atoms with Gasteiger partial charge in [-0.15, -0.1) is 0 Å². The first-order valence-corrected chi connectivity index (χ1v) is 5.50. The van der Waals surface area contributed by atoms with Gasteiger partial charge in [-0.05, 0) is 24.6 Å². The van der Waals surface area contributed by atoms with Crippen molar-refractivity contribution in [1.82, 2.24) is 0 Å². The lowest BCUT2D eigenvalue weighted by Crippen LogP contribution is -2.01. The smallest absolute Gasteiger partial charge is 0.384 e. The SMILES string of the molecule is CCOC(=O)C#CCc1ccc(C(=O)OC)cc1. The molecule has 0 aliphatic rings. The van der Waals surface area contributed by atoms with E-state index in [-0.39, 0.29) is 5.97 Å². The van der Waals surface area contributed by atoms with Crippen LogP contribution >= 0.6 is 0 Å². The van der Waals surface area contributed by atoms with Gasteiger partial charge in [0.1, 0.15) is 0 Å². The molecule has 0 saturated carbocycles. The minimum absolute atomic E-state index is 0.321. The highest BCUT2D eigenvalue weighted by Crippen LogP contribution is 2.05. The van der Waals surface area contributed by atoms with Crippen molar-refractivity contribution in [1.29, 1.82) is 0 Å². The molecule has 0 aliphatic carbocycles. The molecular weight excluding hydrogens is 232 g/mol. The third kappa shape index (κ3) is 4.30. The van der Waals surface area contributed by atoms with Crippen molar-refractivity contribution >= 4 is 11.9 Å². The first-order valence-electron chi connectivity index (χ1n) is 5.50. The largest absolute Gasteiger partial charge is 0.465 e. The predicted molar refractivity (Wildman–Crippen MR) is 65.9 cm³/mol. The number of carbonyl (C=O) groups is 2. The maximum absolute atomic E-state index is 11.2. The lowest BCUT2D eigenvalue weighted by molar-refractivity contribution is -0.136. The maximum Gasteiger partial charge on any atom is 0.384 e. The van der Waals surface area contributed by atoms with Crippen LogP contribution in [0.3, 0.4) is 0 Å². The van der Waals surface area contributed by atoms with Crippen LogP contribution in [-0.2, 0) is 20.7 Å². The van der Waals surface area contributed by atoms with Crippen LogP contribution in [0.4, 0.5) is 0 Å². The van der Waals surface area contributed by atoms with Crippen molar-refractivity contribution in [3.63, 3.8) is 0 Å². The van der Waals surface area contributed by atoms with E-state index >= 15 is 0 Å². The summed E-state index contributed by atoms with van der Waals surface area (Å²) in [5.41, 5.74) is 1.40. The van der Waals surface area contributed by atoms with Gasteiger partial charge in [0.2, 0.25) is 0 Å². The van der Waals surface area contributed by atoms with Crippen LogP contribution in [0.25, 0.3) is 0 Å². The number of methoxy groups -OCH3 is 1. The second-order valence-electron chi connectivity index (χ2n) is 3.39. The minimum Gasteiger partial charge on any atom is -0.465 e. The molecule has 0 aliphatic heterocycles. The van der Waals surface area contributed by atoms with Gasteiger partial charge in [0.15, 0.2) is 0 Å². The topological polar surface area (TPSA) is 52.6 Å². The third-order valence-electron chi connectivity index (χ3n) is 2.13. The third-order valence-corrected chi connectivity index (χ3v) is 2.13. The molecule has 1 rings (SSSR count). The Kier molecular flexibility index (Phi) is 5.46. The van der Waals surface area contributed by atoms with Gasteiger partial charge in [-0.2, -0.15) is 0 Å². The predicted octanol–water partition coefficient (Wildman–Crippen LogP) is 1.58. The molecule has 0 radical (unpaired) electrons. The number of ether oxygens (including phenoxy) is 2. The summed E-state index contributed by atoms with van der Waals surface area (Å²) in [5.74, 6) is 4.19. The summed E-state index contributed by atoms with van der Waals surface area (Å²) in [6.07, 6.45) is 0.431. The van der Waals surface area contributed by atoms with E-state index in [4.69, 9.17) is 0 Å². The average molecular weight is 246 g/mol. The molecule has 1 aromatic rings. The van der Waals surface area contributed by atoms with Gasteiger partial charge in [-0.3, -0.25) is 0 Å². The number of hydrogen-bond acceptors (Lipinski definition) is 4. The van der Waals surface area contributed by atoms with E-state index < -0.39 is 5.97 Å². The monoisotopic (exact) mass is 246 g/mol. The van der Waals surface area contributed by atoms with Crippen LogP contribution < -0.4 is 0 Å². The molecule has 0 atom stereocenters. The maximum atomic E-state index is 11.2. The zero-order valence-corrected chi connectivity index (χ0v) is 10.4. The van der Waals surface area contributed by atoms with E-state index in [1.54, 1.807) is 31.2 Å². The molecule has 18 heavy (non-hydrogen) atoms. The molecule has 0 N–H and O–H groups in total. The van der Waals surface area contributed by atoms with E-state index in [0.717, 1.165) is 5.56 Å². The molecule has 0 aromatic heterocycles. The number of carbonyl (C=O) groups excluding carboxylic acids is 2. The van der Waals surface area contributed by atoms with Crippen molar-refractivity contribution in [3.05, 3.63) is 35.4 Å². The summed E-state index contributed by atoms with van der Waals surface area (Å²) in [5, 5.41) is 0. The lowest BCUT2D eigenvalue weighted by atomic mass is 10.1. The number of benzene rings is 1. The van der Waals surface area contributed by atoms with E-state index in [9.17, 15) is 9.59 Å². The highest BCUT2D eigenvalue weighted by molar-refractivity contribution is 5.89. The van der Waals surface area contributed by atoms with Gasteiger partial charge in [-0.25, -0.2) is 9.59 Å². The number of esters is 2. The molecule has 94 valence electrons. The van der Waals surface area contributed by atoms with E-state index in [1.165, 1.54) is 7.11 Å². The van der Waals surface area contributed by atoms with Crippen LogP contribution in [-0.4, -0.2) is 25.7 Å². The summed E-state index contributed by atoms with van der Waals surface area (Å²) in [7, 11) is 1.33. The van der Waals surface area contributed by atoms with E-state index in [1.807, 2.05) is 0 Å². The van der Waals surface area contributed by atoms with Gasteiger partial charge in [0.05, 0.1) is 19.3 Å². The van der Waals surface area contributed by atoms with Crippen molar-refractivity contribution in [2.45, 2.75) is 13.3 Å². The van der Waals surface area contributed by atoms with Crippen molar-refractivity contribution < 1.29 is 19.1 Å². The summed E-state index contributed by atoms with van der Waals surface area (Å²) < 4.78 is 9.26. The van der Waals surface area contributed by atoms with Crippen LogP contribution in [0, 0.1) is 11.8 Å². The molecule has 0 amide bonds. The van der Waals surface area contributed by atoms with Crippen molar-refractivity contribution in [3.8, 4) is 11.8 Å². The standard InChI is InChI=1S/C14H14O4/c1-3-18-13(15)6-4-5-11-7-9-12(10-8-11)14(16)17-2/h7-10H,3,5H2,1-2H3. The van der Waals surface area contributed by atoms with Crippen LogP contribution in [0.1, 0.15) is 22.8 Å². The van der Waals surface area contributed by atoms with Crippen LogP contribution in [0.15, 0.2) is 24.3 Å². The fourth-order valence-corrected chi connectivity index (χ4v) is 1.26. The average Bonchev–Trinajstić information content (AvgIpc) is 2.39. The number of hydrogen-bond donors (Lipinski definition) is 0. The Morgan fingerprint density at radius 3 is 2.44 bits per heavy atom. The Morgan fingerprint density at radius 2 is 1.89 bits per heavy atom. The molecule has 0 bridgehead atoms. The van der Waals surface area contributed by atoms with Gasteiger partial charge in [0, 0.05) is 12.3 Å². The Morgan fingerprint density at radius 1 is 1.22 bits per heavy atom. The minimum atomic E-state index is -0.524. The van der Waals surface area contributed by atoms with Crippen molar-refractivity contribution in [2.75, 3.05) is 13.7 Å². The Hall–Kier alpha value is -2.28. The Balaban J connectivity index is 2.59. The lowest BCUT2D eigenvalue weighted by Gasteiger charge is -1.99. The normalized spacial score (nSPS) is 9.00. The Labute approximate surface area is 106 Å². The van der Waals surface area contributed by atoms with E-state index in [0.29, 0.717) is 18.6 Å². The molecule has 0 unspecified atom stereocenters. The highest BCUT2D eigenvalue weighted by Gasteiger charge is 2.03. The molecular formula is C14H14O4. The molecule has 0 fully saturated rings.